The molecule has 0 radical (unpaired) electrons. The van der Waals surface area contributed by atoms with Crippen LogP contribution < -0.4 is 5.32 Å². The Hall–Kier alpha value is -3.33. The van der Waals surface area contributed by atoms with Gasteiger partial charge in [0, 0.05) is 13.1 Å². The van der Waals surface area contributed by atoms with Gasteiger partial charge in [-0.05, 0) is 24.2 Å². The van der Waals surface area contributed by atoms with Crippen LogP contribution in [0.1, 0.15) is 31.7 Å². The van der Waals surface area contributed by atoms with Crippen LogP contribution in [-0.2, 0) is 10.9 Å². The highest BCUT2D eigenvalue weighted by Gasteiger charge is 2.38. The number of thiophene rings is 1. The predicted octanol–water partition coefficient (Wildman–Crippen LogP) is 1.78. The van der Waals surface area contributed by atoms with Crippen LogP contribution in [0.5, 0.6) is 0 Å². The number of amides is 2. The Labute approximate surface area is 181 Å². The van der Waals surface area contributed by atoms with Gasteiger partial charge in [-0.2, -0.15) is 18.2 Å². The Balaban J connectivity index is 1.40. The van der Waals surface area contributed by atoms with E-state index in [1.165, 1.54) is 17.0 Å². The first-order valence-electron chi connectivity index (χ1n) is 9.21. The van der Waals surface area contributed by atoms with Crippen molar-refractivity contribution in [1.82, 2.24) is 30.7 Å². The number of alkyl halides is 3. The number of hydrogen-bond donors (Lipinski definition) is 1. The normalized spacial score (nSPS) is 16.9. The average molecular weight is 472 g/mol. The standard InChI is InChI=1S/C17H15F3N6O5S/c1-8-12(24-31-23-8)15(28)26-4-5-29-7-9(26)6-21-14(27)11-3-2-10(32-11)13-22-16(30-25-13)17(18,19)20/h2-3,9H,4-7H2,1H3,(H,21,27). The third-order valence-electron chi connectivity index (χ3n) is 4.56. The molecule has 1 N–H and O–H groups in total. The molecule has 0 aromatic carbocycles. The number of aryl methyl sites for hydroxylation is 1. The van der Waals surface area contributed by atoms with Gasteiger partial charge in [0.15, 0.2) is 5.69 Å². The van der Waals surface area contributed by atoms with E-state index < -0.39 is 24.0 Å². The van der Waals surface area contributed by atoms with Gasteiger partial charge in [0.2, 0.25) is 5.82 Å². The molecule has 3 aromatic rings. The van der Waals surface area contributed by atoms with Crippen LogP contribution in [0.25, 0.3) is 10.7 Å². The molecule has 4 heterocycles. The molecule has 0 saturated carbocycles. The molecule has 32 heavy (non-hydrogen) atoms. The van der Waals surface area contributed by atoms with Crippen molar-refractivity contribution in [1.29, 1.82) is 0 Å². The first-order valence-corrected chi connectivity index (χ1v) is 10.0. The van der Waals surface area contributed by atoms with Crippen molar-refractivity contribution in [2.24, 2.45) is 0 Å². The van der Waals surface area contributed by atoms with Crippen molar-refractivity contribution < 1.29 is 36.6 Å². The maximum Gasteiger partial charge on any atom is 0.471 e. The lowest BCUT2D eigenvalue weighted by molar-refractivity contribution is -0.159. The van der Waals surface area contributed by atoms with Gasteiger partial charge in [0.1, 0.15) is 5.69 Å². The zero-order valence-electron chi connectivity index (χ0n) is 16.4. The number of hydrogen-bond acceptors (Lipinski definition) is 10. The number of rotatable bonds is 5. The van der Waals surface area contributed by atoms with Crippen molar-refractivity contribution in [3.05, 3.63) is 34.3 Å². The van der Waals surface area contributed by atoms with Gasteiger partial charge in [-0.3, -0.25) is 9.59 Å². The minimum Gasteiger partial charge on any atom is -0.377 e. The zero-order chi connectivity index (χ0) is 22.9. The van der Waals surface area contributed by atoms with Gasteiger partial charge >= 0.3 is 12.1 Å². The first kappa shape index (κ1) is 21.9. The molecule has 1 unspecified atom stereocenters. The number of carbonyl (C=O) groups excluding carboxylic acids is 2. The van der Waals surface area contributed by atoms with Gasteiger partial charge in [0.05, 0.1) is 29.0 Å². The lowest BCUT2D eigenvalue weighted by atomic mass is 10.2. The minimum atomic E-state index is -4.76. The monoisotopic (exact) mass is 472 g/mol. The second kappa shape index (κ2) is 8.66. The third kappa shape index (κ3) is 4.47. The molecule has 0 bridgehead atoms. The molecule has 11 nitrogen and oxygen atoms in total. The number of morpholine rings is 1. The predicted molar refractivity (Wildman–Crippen MR) is 99.6 cm³/mol. The van der Waals surface area contributed by atoms with E-state index in [2.05, 4.69) is 34.9 Å². The molecule has 15 heteroatoms. The summed E-state index contributed by atoms with van der Waals surface area (Å²) in [6.45, 7) is 2.52. The maximum absolute atomic E-state index is 12.7. The summed E-state index contributed by atoms with van der Waals surface area (Å²) in [6, 6.07) is 2.40. The molecular weight excluding hydrogens is 457 g/mol. The van der Waals surface area contributed by atoms with Crippen LogP contribution in [0.3, 0.4) is 0 Å². The Morgan fingerprint density at radius 2 is 2.09 bits per heavy atom. The molecule has 1 aliphatic heterocycles. The molecule has 1 fully saturated rings. The summed E-state index contributed by atoms with van der Waals surface area (Å²) in [6.07, 6.45) is -4.76. The molecule has 0 aliphatic carbocycles. The Kier molecular flexibility index (Phi) is 5.92. The van der Waals surface area contributed by atoms with Crippen molar-refractivity contribution in [3.63, 3.8) is 0 Å². The van der Waals surface area contributed by atoms with E-state index in [0.717, 1.165) is 11.3 Å². The van der Waals surface area contributed by atoms with Crippen molar-refractivity contribution in [3.8, 4) is 10.7 Å². The molecule has 0 spiro atoms. The number of halogens is 3. The summed E-state index contributed by atoms with van der Waals surface area (Å²) in [5.74, 6) is -2.60. The second-order valence-corrected chi connectivity index (χ2v) is 7.80. The molecule has 1 saturated heterocycles. The molecule has 3 aromatic heterocycles. The quantitative estimate of drug-likeness (QED) is 0.589. The fourth-order valence-corrected chi connectivity index (χ4v) is 3.82. The van der Waals surface area contributed by atoms with Gasteiger partial charge < -0.3 is 19.5 Å². The van der Waals surface area contributed by atoms with Crippen LogP contribution in [0.2, 0.25) is 0 Å². The minimum absolute atomic E-state index is 0.0859. The molecule has 1 atom stereocenters. The first-order chi connectivity index (χ1) is 15.2. The van der Waals surface area contributed by atoms with E-state index in [4.69, 9.17) is 4.74 Å². The highest BCUT2D eigenvalue weighted by atomic mass is 32.1. The lowest BCUT2D eigenvalue weighted by Crippen LogP contribution is -2.53. The van der Waals surface area contributed by atoms with Crippen molar-refractivity contribution in [2.75, 3.05) is 26.3 Å². The smallest absolute Gasteiger partial charge is 0.377 e. The number of nitrogens with zero attached hydrogens (tertiary/aromatic N) is 5. The van der Waals surface area contributed by atoms with E-state index in [-0.39, 0.29) is 40.3 Å². The van der Waals surface area contributed by atoms with Gasteiger partial charge in [0.25, 0.3) is 11.8 Å². The summed E-state index contributed by atoms with van der Waals surface area (Å²) in [7, 11) is 0. The molecule has 170 valence electrons. The second-order valence-electron chi connectivity index (χ2n) is 6.72. The molecular formula is C17H15F3N6O5S. The van der Waals surface area contributed by atoms with E-state index in [1.54, 1.807) is 6.92 Å². The Morgan fingerprint density at radius 1 is 1.28 bits per heavy atom. The zero-order valence-corrected chi connectivity index (χ0v) is 17.2. The van der Waals surface area contributed by atoms with Gasteiger partial charge in [-0.25, -0.2) is 4.63 Å². The summed E-state index contributed by atoms with van der Waals surface area (Å²) >= 11 is 0.905. The van der Waals surface area contributed by atoms with E-state index >= 15 is 0 Å². The van der Waals surface area contributed by atoms with Gasteiger partial charge in [-0.15, -0.1) is 11.3 Å². The fraction of sp³-hybridized carbons (Fsp3) is 0.412. The van der Waals surface area contributed by atoms with E-state index in [0.29, 0.717) is 18.8 Å². The fourth-order valence-electron chi connectivity index (χ4n) is 2.97. The lowest BCUT2D eigenvalue weighted by Gasteiger charge is -2.35. The van der Waals surface area contributed by atoms with Crippen LogP contribution in [0.15, 0.2) is 21.3 Å². The van der Waals surface area contributed by atoms with Crippen LogP contribution in [0.4, 0.5) is 13.2 Å². The number of carbonyl (C=O) groups is 2. The van der Waals surface area contributed by atoms with Crippen molar-refractivity contribution >= 4 is 23.2 Å². The van der Waals surface area contributed by atoms with Crippen LogP contribution >= 0.6 is 11.3 Å². The molecule has 1 aliphatic rings. The summed E-state index contributed by atoms with van der Waals surface area (Å²) < 4.78 is 52.1. The highest BCUT2D eigenvalue weighted by molar-refractivity contribution is 7.17. The Bertz CT molecular complexity index is 1130. The summed E-state index contributed by atoms with van der Waals surface area (Å²) in [5, 5.41) is 13.2. The Morgan fingerprint density at radius 3 is 2.78 bits per heavy atom. The topological polar surface area (TPSA) is 136 Å². The highest BCUT2D eigenvalue weighted by Crippen LogP contribution is 2.31. The number of nitrogens with one attached hydrogen (secondary N) is 1. The van der Waals surface area contributed by atoms with E-state index in [9.17, 15) is 22.8 Å². The van der Waals surface area contributed by atoms with Crippen molar-refractivity contribution in [2.45, 2.75) is 19.1 Å². The summed E-state index contributed by atoms with van der Waals surface area (Å²) in [4.78, 5) is 30.5. The number of ether oxygens (including phenoxy) is 1. The molecule has 2 amide bonds. The third-order valence-corrected chi connectivity index (χ3v) is 5.64. The van der Waals surface area contributed by atoms with Crippen LogP contribution in [-0.4, -0.2) is 69.5 Å². The van der Waals surface area contributed by atoms with Crippen LogP contribution in [0, 0.1) is 6.92 Å². The largest absolute Gasteiger partial charge is 0.471 e. The number of aromatic nitrogens is 4. The summed E-state index contributed by atoms with van der Waals surface area (Å²) in [5.41, 5.74) is 0.440. The SMILES string of the molecule is Cc1nonc1C(=O)N1CCOCC1CNC(=O)c1ccc(-c2noc(C(F)(F)F)n2)s1. The van der Waals surface area contributed by atoms with Gasteiger partial charge in [-0.1, -0.05) is 10.3 Å². The van der Waals surface area contributed by atoms with E-state index in [1.807, 2.05) is 0 Å². The molecule has 4 rings (SSSR count). The average Bonchev–Trinajstić information content (AvgIpc) is 3.51. The maximum atomic E-state index is 12.7.